The molecule has 0 aliphatic carbocycles. The summed E-state index contributed by atoms with van der Waals surface area (Å²) in [6.45, 7) is 0. The summed E-state index contributed by atoms with van der Waals surface area (Å²) in [4.78, 5) is 0. The number of hydrogen-bond acceptors (Lipinski definition) is 3. The van der Waals surface area contributed by atoms with Gasteiger partial charge in [0.25, 0.3) is 0 Å². The predicted molar refractivity (Wildman–Crippen MR) is 22.3 cm³/mol. The van der Waals surface area contributed by atoms with E-state index < -0.39 is 0 Å². The average molecular weight is 209 g/mol. The molecular formula is C2H4BaN2O. The minimum atomic E-state index is 0. The molecule has 1 aromatic heterocycles. The summed E-state index contributed by atoms with van der Waals surface area (Å²) in [5.74, 6) is 0. The molecule has 3 nitrogen and oxygen atoms in total. The monoisotopic (exact) mass is 210 g/mol. The van der Waals surface area contributed by atoms with Crippen molar-refractivity contribution in [3.8, 4) is 0 Å². The van der Waals surface area contributed by atoms with E-state index in [0.717, 1.165) is 0 Å². The Labute approximate surface area is 78.1 Å². The van der Waals surface area contributed by atoms with Gasteiger partial charge < -0.3 is 2.85 Å². The zero-order valence-electron chi connectivity index (χ0n) is 5.16. The molecule has 1 rings (SSSR count). The van der Waals surface area contributed by atoms with Crippen LogP contribution in [0.25, 0.3) is 0 Å². The topological polar surface area (TPSA) is 38.9 Å². The minimum Gasteiger partial charge on any atom is -1.00 e. The molecule has 0 fully saturated rings. The van der Waals surface area contributed by atoms with Crippen molar-refractivity contribution in [2.24, 2.45) is 0 Å². The Bertz CT molecular complexity index is 74.5. The third-order valence-corrected chi connectivity index (χ3v) is 0.283. The van der Waals surface area contributed by atoms with Crippen LogP contribution in [0.15, 0.2) is 17.0 Å². The normalized spacial score (nSPS) is 6.67. The smallest absolute Gasteiger partial charge is 1.00 e. The molecule has 0 aliphatic rings. The van der Waals surface area contributed by atoms with Crippen LogP contribution in [0.1, 0.15) is 2.85 Å². The summed E-state index contributed by atoms with van der Waals surface area (Å²) in [6, 6.07) is 0. The van der Waals surface area contributed by atoms with Crippen molar-refractivity contribution in [3.63, 3.8) is 0 Å². The second-order valence-corrected chi connectivity index (χ2v) is 0.591. The maximum Gasteiger partial charge on any atom is 2.00 e. The van der Waals surface area contributed by atoms with Crippen molar-refractivity contribution in [1.29, 1.82) is 0 Å². The van der Waals surface area contributed by atoms with Crippen LogP contribution in [0.5, 0.6) is 0 Å². The van der Waals surface area contributed by atoms with Crippen LogP contribution in [-0.2, 0) is 0 Å². The summed E-state index contributed by atoms with van der Waals surface area (Å²) in [6.07, 6.45) is 2.94. The molecule has 6 heavy (non-hydrogen) atoms. The van der Waals surface area contributed by atoms with E-state index in [1.54, 1.807) is 0 Å². The van der Waals surface area contributed by atoms with Gasteiger partial charge in [-0.3, -0.25) is 0 Å². The fourth-order valence-electron chi connectivity index (χ4n) is 0.136. The van der Waals surface area contributed by atoms with E-state index in [4.69, 9.17) is 0 Å². The number of hydrogen-bond donors (Lipinski definition) is 0. The third kappa shape index (κ3) is 1.99. The van der Waals surface area contributed by atoms with E-state index in [9.17, 15) is 0 Å². The van der Waals surface area contributed by atoms with Crippen molar-refractivity contribution < 1.29 is 7.48 Å². The SMILES string of the molecule is [Ba+2].[H-].[H-].c1cnon1. The summed E-state index contributed by atoms with van der Waals surface area (Å²) in [5, 5.41) is 6.47. The van der Waals surface area contributed by atoms with Crippen molar-refractivity contribution in [1.82, 2.24) is 10.3 Å². The Morgan fingerprint density at radius 1 is 1.33 bits per heavy atom. The first-order valence-corrected chi connectivity index (χ1v) is 1.21. The molecule has 0 spiro atoms. The van der Waals surface area contributed by atoms with Gasteiger partial charge in [0.15, 0.2) is 0 Å². The molecule has 4 heteroatoms. The van der Waals surface area contributed by atoms with E-state index in [0.29, 0.717) is 0 Å². The fourth-order valence-corrected chi connectivity index (χ4v) is 0.136. The van der Waals surface area contributed by atoms with Crippen LogP contribution in [0.4, 0.5) is 0 Å². The summed E-state index contributed by atoms with van der Waals surface area (Å²) in [5.41, 5.74) is 0. The van der Waals surface area contributed by atoms with Crippen LogP contribution in [-0.4, -0.2) is 59.2 Å². The molecule has 0 amide bonds. The Hall–Kier alpha value is 0.711. The second-order valence-electron chi connectivity index (χ2n) is 0.591. The molecule has 0 saturated heterocycles. The molecular weight excluding hydrogens is 205 g/mol. The molecule has 0 atom stereocenters. The van der Waals surface area contributed by atoms with Crippen LogP contribution < -0.4 is 0 Å². The predicted octanol–water partition coefficient (Wildman–Crippen LogP) is -0.0862. The van der Waals surface area contributed by atoms with Gasteiger partial charge in [-0.25, -0.2) is 4.63 Å². The van der Waals surface area contributed by atoms with Crippen molar-refractivity contribution in [2.75, 3.05) is 0 Å². The minimum absolute atomic E-state index is 0. The van der Waals surface area contributed by atoms with Crippen LogP contribution in [0, 0.1) is 0 Å². The van der Waals surface area contributed by atoms with Gasteiger partial charge in [0.1, 0.15) is 0 Å². The van der Waals surface area contributed by atoms with E-state index in [1.165, 1.54) is 12.4 Å². The number of aromatic nitrogens is 2. The van der Waals surface area contributed by atoms with Gasteiger partial charge in [0, 0.05) is 0 Å². The van der Waals surface area contributed by atoms with Crippen molar-refractivity contribution in [3.05, 3.63) is 12.4 Å². The molecule has 0 unspecified atom stereocenters. The van der Waals surface area contributed by atoms with E-state index in [1.807, 2.05) is 0 Å². The molecule has 0 aromatic carbocycles. The van der Waals surface area contributed by atoms with Crippen molar-refractivity contribution in [2.45, 2.75) is 0 Å². The first-order valence-electron chi connectivity index (χ1n) is 1.21. The average Bonchev–Trinajstić information content (AvgIpc) is 1.76. The van der Waals surface area contributed by atoms with Crippen LogP contribution in [0.2, 0.25) is 0 Å². The molecule has 0 aliphatic heterocycles. The molecule has 0 radical (unpaired) electrons. The number of nitrogens with zero attached hydrogens (tertiary/aromatic N) is 2. The van der Waals surface area contributed by atoms with Crippen LogP contribution >= 0.6 is 0 Å². The standard InChI is InChI=1S/C2H2N2O.Ba.2H/c1-2-4-5-3-1;;;/h1-2H;;;/q;+2;2*-1. The zero-order chi connectivity index (χ0) is 3.54. The van der Waals surface area contributed by atoms with Crippen molar-refractivity contribution >= 4 is 48.9 Å². The van der Waals surface area contributed by atoms with Gasteiger partial charge >= 0.3 is 48.9 Å². The maximum atomic E-state index is 4.08. The van der Waals surface area contributed by atoms with E-state index in [2.05, 4.69) is 14.9 Å². The van der Waals surface area contributed by atoms with Gasteiger partial charge in [0.2, 0.25) is 0 Å². The fraction of sp³-hybridized carbons (Fsp3) is 0. The Kier molecular flexibility index (Phi) is 4.35. The molecule has 0 bridgehead atoms. The third-order valence-electron chi connectivity index (χ3n) is 0.283. The van der Waals surface area contributed by atoms with Gasteiger partial charge in [0.05, 0.1) is 12.4 Å². The quantitative estimate of drug-likeness (QED) is 0.561. The largest absolute Gasteiger partial charge is 2.00 e. The molecule has 0 saturated carbocycles. The van der Waals surface area contributed by atoms with E-state index >= 15 is 0 Å². The molecule has 1 heterocycles. The van der Waals surface area contributed by atoms with Crippen LogP contribution in [0.3, 0.4) is 0 Å². The summed E-state index contributed by atoms with van der Waals surface area (Å²) < 4.78 is 4.08. The Morgan fingerprint density at radius 2 is 1.83 bits per heavy atom. The molecule has 0 N–H and O–H groups in total. The van der Waals surface area contributed by atoms with Gasteiger partial charge in [-0.15, -0.1) is 0 Å². The second kappa shape index (κ2) is 3.89. The Morgan fingerprint density at radius 3 is 2.00 bits per heavy atom. The number of rotatable bonds is 0. The first kappa shape index (κ1) is 6.71. The zero-order valence-corrected chi connectivity index (χ0v) is 7.61. The van der Waals surface area contributed by atoms with E-state index in [-0.39, 0.29) is 51.7 Å². The molecule has 30 valence electrons. The first-order chi connectivity index (χ1) is 2.50. The maximum absolute atomic E-state index is 4.08. The summed E-state index contributed by atoms with van der Waals surface area (Å²) >= 11 is 0. The van der Waals surface area contributed by atoms with Gasteiger partial charge in [-0.1, -0.05) is 10.3 Å². The summed E-state index contributed by atoms with van der Waals surface area (Å²) in [7, 11) is 0. The van der Waals surface area contributed by atoms with Gasteiger partial charge in [-0.2, -0.15) is 0 Å². The molecule has 1 aromatic rings. The Balaban J connectivity index is -0.0000000833. The van der Waals surface area contributed by atoms with Gasteiger partial charge in [-0.05, 0) is 0 Å².